The molecule has 1 unspecified atom stereocenters. The summed E-state index contributed by atoms with van der Waals surface area (Å²) in [7, 11) is 3.35. The lowest BCUT2D eigenvalue weighted by atomic mass is 10.2. The number of carbonyl (C=O) groups is 1. The molecule has 5 nitrogen and oxygen atoms in total. The van der Waals surface area contributed by atoms with E-state index in [9.17, 15) is 4.79 Å². The summed E-state index contributed by atoms with van der Waals surface area (Å²) in [5.74, 6) is -0.0926. The lowest BCUT2D eigenvalue weighted by Crippen LogP contribution is -2.32. The van der Waals surface area contributed by atoms with E-state index in [4.69, 9.17) is 14.2 Å². The molecule has 0 amide bonds. The van der Waals surface area contributed by atoms with Gasteiger partial charge in [0.2, 0.25) is 0 Å². The number of hydrogen-bond donors (Lipinski definition) is 1. The second-order valence-corrected chi connectivity index (χ2v) is 4.13. The number of nitrogens with one attached hydrogen (secondary N) is 1. The van der Waals surface area contributed by atoms with E-state index in [1.807, 2.05) is 6.92 Å². The van der Waals surface area contributed by atoms with Crippen LogP contribution in [0, 0.1) is 0 Å². The summed E-state index contributed by atoms with van der Waals surface area (Å²) in [6, 6.07) is 0. The second-order valence-electron chi connectivity index (χ2n) is 4.13. The molecular formula is C13H27NO4. The molecule has 18 heavy (non-hydrogen) atoms. The first-order chi connectivity index (χ1) is 8.74. The van der Waals surface area contributed by atoms with Crippen LogP contribution in [0.4, 0.5) is 0 Å². The molecule has 1 N–H and O–H groups in total. The molecule has 5 heteroatoms. The molecule has 1 atom stereocenters. The van der Waals surface area contributed by atoms with E-state index < -0.39 is 0 Å². The Bertz CT molecular complexity index is 199. The molecule has 0 aromatic heterocycles. The van der Waals surface area contributed by atoms with E-state index in [0.29, 0.717) is 19.6 Å². The number of methoxy groups -OCH3 is 2. The molecule has 0 aliphatic rings. The summed E-state index contributed by atoms with van der Waals surface area (Å²) >= 11 is 0. The molecule has 0 spiro atoms. The van der Waals surface area contributed by atoms with Gasteiger partial charge in [-0.1, -0.05) is 6.42 Å². The van der Waals surface area contributed by atoms with Crippen molar-refractivity contribution in [2.45, 2.75) is 38.7 Å². The zero-order valence-corrected chi connectivity index (χ0v) is 11.9. The highest BCUT2D eigenvalue weighted by Gasteiger charge is 2.05. The average Bonchev–Trinajstić information content (AvgIpc) is 2.36. The Morgan fingerprint density at radius 1 is 1.22 bits per heavy atom. The first-order valence-electron chi connectivity index (χ1n) is 6.62. The molecule has 0 saturated carbocycles. The third-order valence-corrected chi connectivity index (χ3v) is 2.60. The van der Waals surface area contributed by atoms with Crippen molar-refractivity contribution in [1.29, 1.82) is 0 Å². The maximum absolute atomic E-state index is 11.1. The molecule has 0 heterocycles. The van der Waals surface area contributed by atoms with Crippen LogP contribution in [0.5, 0.6) is 0 Å². The number of ether oxygens (including phenoxy) is 3. The number of unbranched alkanes of at least 4 members (excludes halogenated alkanes) is 2. The van der Waals surface area contributed by atoms with Crippen molar-refractivity contribution in [1.82, 2.24) is 5.32 Å². The average molecular weight is 261 g/mol. The van der Waals surface area contributed by atoms with Crippen molar-refractivity contribution in [2.75, 3.05) is 40.5 Å². The van der Waals surface area contributed by atoms with Gasteiger partial charge in [0.05, 0.1) is 19.3 Å². The summed E-state index contributed by atoms with van der Waals surface area (Å²) in [6.07, 6.45) is 3.62. The number of carbonyl (C=O) groups excluding carboxylic acids is 1. The summed E-state index contributed by atoms with van der Waals surface area (Å²) in [6.45, 7) is 4.63. The van der Waals surface area contributed by atoms with Crippen molar-refractivity contribution in [3.63, 3.8) is 0 Å². The van der Waals surface area contributed by atoms with Gasteiger partial charge in [-0.2, -0.15) is 0 Å². The van der Waals surface area contributed by atoms with Crippen LogP contribution < -0.4 is 5.32 Å². The topological polar surface area (TPSA) is 56.8 Å². The van der Waals surface area contributed by atoms with Crippen LogP contribution in [-0.2, 0) is 19.0 Å². The first kappa shape index (κ1) is 17.4. The zero-order valence-electron chi connectivity index (χ0n) is 11.9. The van der Waals surface area contributed by atoms with Crippen LogP contribution in [0.1, 0.15) is 32.6 Å². The first-order valence-corrected chi connectivity index (χ1v) is 6.62. The molecule has 0 bridgehead atoms. The molecule has 108 valence electrons. The maximum Gasteiger partial charge on any atom is 0.305 e. The van der Waals surface area contributed by atoms with Crippen LogP contribution in [0.2, 0.25) is 0 Å². The van der Waals surface area contributed by atoms with E-state index in [-0.39, 0.29) is 12.1 Å². The highest BCUT2D eigenvalue weighted by atomic mass is 16.5. The van der Waals surface area contributed by atoms with Crippen LogP contribution in [0.25, 0.3) is 0 Å². The molecule has 0 aromatic carbocycles. The SMILES string of the molecule is CCOC(=O)CCCCCNCC(COC)OC. The van der Waals surface area contributed by atoms with Gasteiger partial charge in [-0.3, -0.25) is 4.79 Å². The van der Waals surface area contributed by atoms with E-state index in [1.165, 1.54) is 0 Å². The van der Waals surface area contributed by atoms with E-state index in [0.717, 1.165) is 32.4 Å². The molecule has 0 saturated heterocycles. The summed E-state index contributed by atoms with van der Waals surface area (Å²) < 4.78 is 15.1. The summed E-state index contributed by atoms with van der Waals surface area (Å²) in [5, 5.41) is 3.31. The van der Waals surface area contributed by atoms with Gasteiger partial charge in [0.25, 0.3) is 0 Å². The van der Waals surface area contributed by atoms with Gasteiger partial charge < -0.3 is 19.5 Å². The van der Waals surface area contributed by atoms with Gasteiger partial charge in [-0.15, -0.1) is 0 Å². The Labute approximate surface area is 110 Å². The molecule has 0 aromatic rings. The maximum atomic E-state index is 11.1. The van der Waals surface area contributed by atoms with Crippen LogP contribution in [0.15, 0.2) is 0 Å². The Morgan fingerprint density at radius 3 is 2.61 bits per heavy atom. The van der Waals surface area contributed by atoms with Gasteiger partial charge in [-0.05, 0) is 26.3 Å². The van der Waals surface area contributed by atoms with E-state index >= 15 is 0 Å². The Hall–Kier alpha value is -0.650. The zero-order chi connectivity index (χ0) is 13.6. The lowest BCUT2D eigenvalue weighted by molar-refractivity contribution is -0.143. The smallest absolute Gasteiger partial charge is 0.305 e. The van der Waals surface area contributed by atoms with Gasteiger partial charge in [-0.25, -0.2) is 0 Å². The fourth-order valence-electron chi connectivity index (χ4n) is 1.59. The Morgan fingerprint density at radius 2 is 2.00 bits per heavy atom. The van der Waals surface area contributed by atoms with Crippen molar-refractivity contribution in [3.8, 4) is 0 Å². The quantitative estimate of drug-likeness (QED) is 0.424. The molecule has 0 radical (unpaired) electrons. The highest BCUT2D eigenvalue weighted by Crippen LogP contribution is 2.00. The third kappa shape index (κ3) is 10.5. The molecule has 0 aliphatic carbocycles. The number of hydrogen-bond acceptors (Lipinski definition) is 5. The predicted molar refractivity (Wildman–Crippen MR) is 70.6 cm³/mol. The van der Waals surface area contributed by atoms with Gasteiger partial charge in [0.1, 0.15) is 0 Å². The second kappa shape index (κ2) is 12.8. The lowest BCUT2D eigenvalue weighted by Gasteiger charge is -2.14. The Kier molecular flexibility index (Phi) is 12.3. The molecular weight excluding hydrogens is 234 g/mol. The highest BCUT2D eigenvalue weighted by molar-refractivity contribution is 5.69. The van der Waals surface area contributed by atoms with Crippen molar-refractivity contribution in [2.24, 2.45) is 0 Å². The largest absolute Gasteiger partial charge is 0.466 e. The van der Waals surface area contributed by atoms with Crippen LogP contribution >= 0.6 is 0 Å². The fourth-order valence-corrected chi connectivity index (χ4v) is 1.59. The summed E-state index contributed by atoms with van der Waals surface area (Å²) in [4.78, 5) is 11.1. The molecule has 0 fully saturated rings. The van der Waals surface area contributed by atoms with Crippen molar-refractivity contribution in [3.05, 3.63) is 0 Å². The van der Waals surface area contributed by atoms with Gasteiger partial charge in [0, 0.05) is 27.2 Å². The molecule has 0 rings (SSSR count). The minimum Gasteiger partial charge on any atom is -0.466 e. The van der Waals surface area contributed by atoms with Gasteiger partial charge in [0.15, 0.2) is 0 Å². The standard InChI is InChI=1S/C13H27NO4/c1-4-18-13(15)8-6-5-7-9-14-10-12(17-3)11-16-2/h12,14H,4-11H2,1-3H3. The number of rotatable bonds is 12. The third-order valence-electron chi connectivity index (χ3n) is 2.60. The summed E-state index contributed by atoms with van der Waals surface area (Å²) in [5.41, 5.74) is 0. The Balaban J connectivity index is 3.27. The normalized spacial score (nSPS) is 12.4. The van der Waals surface area contributed by atoms with Crippen LogP contribution in [-0.4, -0.2) is 52.6 Å². The minimum absolute atomic E-state index is 0.0926. The predicted octanol–water partition coefficient (Wildman–Crippen LogP) is 1.36. The van der Waals surface area contributed by atoms with Gasteiger partial charge >= 0.3 is 5.97 Å². The van der Waals surface area contributed by atoms with E-state index in [2.05, 4.69) is 5.32 Å². The monoisotopic (exact) mass is 261 g/mol. The fraction of sp³-hybridized carbons (Fsp3) is 0.923. The van der Waals surface area contributed by atoms with Crippen LogP contribution in [0.3, 0.4) is 0 Å². The molecule has 0 aliphatic heterocycles. The van der Waals surface area contributed by atoms with Crippen molar-refractivity contribution >= 4 is 5.97 Å². The van der Waals surface area contributed by atoms with Crippen molar-refractivity contribution < 1.29 is 19.0 Å². The van der Waals surface area contributed by atoms with E-state index in [1.54, 1.807) is 14.2 Å². The minimum atomic E-state index is -0.0926. The number of esters is 1.